The van der Waals surface area contributed by atoms with Gasteiger partial charge in [0, 0.05) is 12.1 Å². The van der Waals surface area contributed by atoms with E-state index in [1.165, 1.54) is 17.5 Å². The molecule has 0 atom stereocenters. The van der Waals surface area contributed by atoms with Gasteiger partial charge in [-0.05, 0) is 58.0 Å². The number of nitrogens with one attached hydrogen (secondary N) is 1. The van der Waals surface area contributed by atoms with Crippen LogP contribution in [0.4, 0.5) is 0 Å². The van der Waals surface area contributed by atoms with E-state index in [2.05, 4.69) is 69.2 Å². The van der Waals surface area contributed by atoms with E-state index < -0.39 is 0 Å². The van der Waals surface area contributed by atoms with Crippen LogP contribution in [-0.2, 0) is 13.0 Å². The molecular formula is C17H30N2. The predicted molar refractivity (Wildman–Crippen MR) is 84.5 cm³/mol. The minimum Gasteiger partial charge on any atom is -0.317 e. The molecule has 0 spiro atoms. The van der Waals surface area contributed by atoms with Crippen LogP contribution in [0.3, 0.4) is 0 Å². The summed E-state index contributed by atoms with van der Waals surface area (Å²) in [6.07, 6.45) is 2.29. The van der Waals surface area contributed by atoms with E-state index in [0.29, 0.717) is 0 Å². The number of hydrogen-bond acceptors (Lipinski definition) is 2. The molecule has 19 heavy (non-hydrogen) atoms. The fraction of sp³-hybridized carbons (Fsp3) is 0.647. The number of nitrogens with zero attached hydrogens (tertiary/aromatic N) is 1. The average Bonchev–Trinajstić information content (AvgIpc) is 2.41. The summed E-state index contributed by atoms with van der Waals surface area (Å²) in [5, 5.41) is 3.41. The molecular weight excluding hydrogens is 232 g/mol. The van der Waals surface area contributed by atoms with Crippen molar-refractivity contribution in [3.63, 3.8) is 0 Å². The highest BCUT2D eigenvalue weighted by Gasteiger charge is 2.21. The predicted octanol–water partition coefficient (Wildman–Crippen LogP) is 3.46. The highest BCUT2D eigenvalue weighted by molar-refractivity contribution is 5.27. The van der Waals surface area contributed by atoms with Crippen molar-refractivity contribution in [1.29, 1.82) is 0 Å². The summed E-state index contributed by atoms with van der Waals surface area (Å²) in [6, 6.07) is 8.83. The van der Waals surface area contributed by atoms with Gasteiger partial charge in [-0.3, -0.25) is 4.90 Å². The highest BCUT2D eigenvalue weighted by atomic mass is 15.2. The number of hydrogen-bond donors (Lipinski definition) is 1. The Morgan fingerprint density at radius 1 is 1.11 bits per heavy atom. The first-order valence-corrected chi connectivity index (χ1v) is 7.50. The zero-order chi connectivity index (χ0) is 14.3. The lowest BCUT2D eigenvalue weighted by molar-refractivity contribution is 0.142. The molecule has 0 saturated heterocycles. The van der Waals surface area contributed by atoms with Crippen LogP contribution in [0.1, 0.15) is 45.2 Å². The normalized spacial score (nSPS) is 12.1. The van der Waals surface area contributed by atoms with Crippen molar-refractivity contribution in [2.75, 3.05) is 20.1 Å². The van der Waals surface area contributed by atoms with E-state index >= 15 is 0 Å². The van der Waals surface area contributed by atoms with Gasteiger partial charge in [0.15, 0.2) is 0 Å². The lowest BCUT2D eigenvalue weighted by Crippen LogP contribution is -2.40. The van der Waals surface area contributed by atoms with E-state index in [-0.39, 0.29) is 5.54 Å². The molecule has 0 amide bonds. The molecule has 0 aliphatic rings. The lowest BCUT2D eigenvalue weighted by atomic mass is 9.97. The first-order chi connectivity index (χ1) is 9.01. The molecule has 0 aromatic heterocycles. The van der Waals surface area contributed by atoms with E-state index in [0.717, 1.165) is 26.1 Å². The number of rotatable bonds is 8. The maximum absolute atomic E-state index is 3.41. The Labute approximate surface area is 119 Å². The summed E-state index contributed by atoms with van der Waals surface area (Å²) in [5.74, 6) is 0. The third-order valence-corrected chi connectivity index (χ3v) is 4.25. The second kappa shape index (κ2) is 7.66. The summed E-state index contributed by atoms with van der Waals surface area (Å²) in [7, 11) is 2.23. The third kappa shape index (κ3) is 4.96. The largest absolute Gasteiger partial charge is 0.317 e. The number of likely N-dealkylation sites (N-methyl/N-ethyl adjacent to an activating group) is 1. The molecule has 1 rings (SSSR count). The maximum atomic E-state index is 3.41. The Morgan fingerprint density at radius 3 is 2.32 bits per heavy atom. The Hall–Kier alpha value is -0.860. The molecule has 0 radical (unpaired) electrons. The fourth-order valence-corrected chi connectivity index (χ4v) is 2.09. The van der Waals surface area contributed by atoms with Crippen LogP contribution in [0, 0.1) is 0 Å². The zero-order valence-corrected chi connectivity index (χ0v) is 13.3. The van der Waals surface area contributed by atoms with Crippen LogP contribution in [0.5, 0.6) is 0 Å². The Balaban J connectivity index is 2.72. The minimum atomic E-state index is 0.259. The van der Waals surface area contributed by atoms with Crippen molar-refractivity contribution >= 4 is 0 Å². The summed E-state index contributed by atoms with van der Waals surface area (Å²) >= 11 is 0. The van der Waals surface area contributed by atoms with Gasteiger partial charge < -0.3 is 5.32 Å². The monoisotopic (exact) mass is 262 g/mol. The summed E-state index contributed by atoms with van der Waals surface area (Å²) in [5.41, 5.74) is 3.20. The lowest BCUT2D eigenvalue weighted by Gasteiger charge is -2.35. The van der Waals surface area contributed by atoms with Crippen LogP contribution in [0.25, 0.3) is 0 Å². The standard InChI is InChI=1S/C17H30N2/c1-6-17(3,4)19(5)14-16-11-9-8-10-15(16)12-13-18-7-2/h8-11,18H,6-7,12-14H2,1-5H3. The fourth-order valence-electron chi connectivity index (χ4n) is 2.09. The van der Waals surface area contributed by atoms with Crippen LogP contribution in [0.15, 0.2) is 24.3 Å². The summed E-state index contributed by atoms with van der Waals surface area (Å²) in [4.78, 5) is 2.46. The molecule has 1 aromatic carbocycles. The highest BCUT2D eigenvalue weighted by Crippen LogP contribution is 2.20. The Kier molecular flexibility index (Phi) is 6.53. The molecule has 0 fully saturated rings. The number of benzene rings is 1. The van der Waals surface area contributed by atoms with Crippen molar-refractivity contribution < 1.29 is 0 Å². The molecule has 0 saturated carbocycles. The van der Waals surface area contributed by atoms with Gasteiger partial charge in [0.25, 0.3) is 0 Å². The molecule has 1 aromatic rings. The van der Waals surface area contributed by atoms with Gasteiger partial charge in [-0.1, -0.05) is 38.1 Å². The van der Waals surface area contributed by atoms with Gasteiger partial charge in [0.05, 0.1) is 0 Å². The molecule has 0 aliphatic heterocycles. The van der Waals surface area contributed by atoms with Crippen molar-refractivity contribution in [1.82, 2.24) is 10.2 Å². The van der Waals surface area contributed by atoms with E-state index in [4.69, 9.17) is 0 Å². The summed E-state index contributed by atoms with van der Waals surface area (Å²) in [6.45, 7) is 12.2. The summed E-state index contributed by atoms with van der Waals surface area (Å²) < 4.78 is 0. The average molecular weight is 262 g/mol. The second-order valence-corrected chi connectivity index (χ2v) is 5.89. The first-order valence-electron chi connectivity index (χ1n) is 7.50. The minimum absolute atomic E-state index is 0.259. The van der Waals surface area contributed by atoms with E-state index in [9.17, 15) is 0 Å². The quantitative estimate of drug-likeness (QED) is 0.722. The van der Waals surface area contributed by atoms with Crippen molar-refractivity contribution in [2.45, 2.75) is 52.6 Å². The van der Waals surface area contributed by atoms with Gasteiger partial charge in [-0.25, -0.2) is 0 Å². The van der Waals surface area contributed by atoms with Crippen LogP contribution in [0.2, 0.25) is 0 Å². The molecule has 0 unspecified atom stereocenters. The zero-order valence-electron chi connectivity index (χ0n) is 13.3. The Morgan fingerprint density at radius 2 is 1.74 bits per heavy atom. The Bertz CT molecular complexity index is 371. The van der Waals surface area contributed by atoms with Gasteiger partial charge in [-0.2, -0.15) is 0 Å². The van der Waals surface area contributed by atoms with Crippen LogP contribution in [-0.4, -0.2) is 30.6 Å². The molecule has 0 heterocycles. The van der Waals surface area contributed by atoms with Gasteiger partial charge in [-0.15, -0.1) is 0 Å². The SMILES string of the molecule is CCNCCc1ccccc1CN(C)C(C)(C)CC. The van der Waals surface area contributed by atoms with Crippen molar-refractivity contribution in [2.24, 2.45) is 0 Å². The van der Waals surface area contributed by atoms with Gasteiger partial charge >= 0.3 is 0 Å². The van der Waals surface area contributed by atoms with Crippen LogP contribution < -0.4 is 5.32 Å². The van der Waals surface area contributed by atoms with Crippen molar-refractivity contribution in [3.05, 3.63) is 35.4 Å². The molecule has 0 bridgehead atoms. The maximum Gasteiger partial charge on any atom is 0.0238 e. The molecule has 0 aliphatic carbocycles. The molecule has 1 N–H and O–H groups in total. The smallest absolute Gasteiger partial charge is 0.0238 e. The van der Waals surface area contributed by atoms with Crippen LogP contribution >= 0.6 is 0 Å². The first kappa shape index (κ1) is 16.2. The topological polar surface area (TPSA) is 15.3 Å². The molecule has 108 valence electrons. The van der Waals surface area contributed by atoms with E-state index in [1.807, 2.05) is 0 Å². The van der Waals surface area contributed by atoms with Crippen molar-refractivity contribution in [3.8, 4) is 0 Å². The van der Waals surface area contributed by atoms with E-state index in [1.54, 1.807) is 0 Å². The molecule has 2 nitrogen and oxygen atoms in total. The van der Waals surface area contributed by atoms with Gasteiger partial charge in [0.2, 0.25) is 0 Å². The molecule has 2 heteroatoms. The van der Waals surface area contributed by atoms with Gasteiger partial charge in [0.1, 0.15) is 0 Å². The third-order valence-electron chi connectivity index (χ3n) is 4.25. The second-order valence-electron chi connectivity index (χ2n) is 5.89.